The van der Waals surface area contributed by atoms with E-state index in [0.29, 0.717) is 35.8 Å². The largest absolute Gasteiger partial charge is 0.433 e. The predicted molar refractivity (Wildman–Crippen MR) is 139 cm³/mol. The highest BCUT2D eigenvalue weighted by Gasteiger charge is 2.34. The van der Waals surface area contributed by atoms with Crippen molar-refractivity contribution in [2.24, 2.45) is 5.92 Å². The zero-order valence-electron chi connectivity index (χ0n) is 21.3. The lowest BCUT2D eigenvalue weighted by Gasteiger charge is -2.33. The molecule has 7 nitrogen and oxygen atoms in total. The Kier molecular flexibility index (Phi) is 8.29. The number of nitrogens with one attached hydrogen (secondary N) is 2. The van der Waals surface area contributed by atoms with Crippen LogP contribution < -0.4 is 15.5 Å². The van der Waals surface area contributed by atoms with Crippen molar-refractivity contribution in [3.8, 4) is 0 Å². The summed E-state index contributed by atoms with van der Waals surface area (Å²) in [4.78, 5) is 35.3. The molecule has 3 aromatic rings. The van der Waals surface area contributed by atoms with Gasteiger partial charge in [0.05, 0.1) is 5.92 Å². The molecule has 1 unspecified atom stereocenters. The highest BCUT2D eigenvalue weighted by Crippen LogP contribution is 2.32. The summed E-state index contributed by atoms with van der Waals surface area (Å²) in [6.45, 7) is 5.09. The molecule has 0 aliphatic carbocycles. The molecule has 1 aliphatic rings. The maximum atomic E-state index is 13.3. The fraction of sp³-hybridized carbons (Fsp3) is 0.357. The number of carbonyl (C=O) groups is 2. The molecule has 0 saturated carbocycles. The number of benzene rings is 1. The van der Waals surface area contributed by atoms with E-state index in [1.54, 1.807) is 31.2 Å². The molecular weight excluding hydrogens is 495 g/mol. The zero-order chi connectivity index (χ0) is 27.3. The lowest BCUT2D eigenvalue weighted by Crippen LogP contribution is -2.35. The zero-order valence-corrected chi connectivity index (χ0v) is 21.3. The van der Waals surface area contributed by atoms with Gasteiger partial charge in [-0.05, 0) is 55.5 Å². The first-order valence-electron chi connectivity index (χ1n) is 12.5. The number of carbonyl (C=O) groups excluding carboxylic acids is 2. The molecule has 3 heterocycles. The van der Waals surface area contributed by atoms with Gasteiger partial charge in [-0.25, -0.2) is 4.98 Å². The number of alkyl halides is 3. The van der Waals surface area contributed by atoms with Crippen LogP contribution in [-0.4, -0.2) is 34.9 Å². The molecule has 4 rings (SSSR count). The predicted octanol–water partition coefficient (Wildman–Crippen LogP) is 5.40. The molecule has 0 radical (unpaired) electrons. The molecule has 2 amide bonds. The lowest BCUT2D eigenvalue weighted by atomic mass is 9.99. The fourth-order valence-electron chi connectivity index (χ4n) is 4.27. The minimum Gasteiger partial charge on any atom is -0.356 e. The number of halogens is 3. The van der Waals surface area contributed by atoms with Crippen LogP contribution in [-0.2, 0) is 17.5 Å². The molecule has 0 bridgehead atoms. The second-order valence-electron chi connectivity index (χ2n) is 9.58. The van der Waals surface area contributed by atoms with Crippen LogP contribution in [0.4, 0.5) is 24.7 Å². The summed E-state index contributed by atoms with van der Waals surface area (Å²) in [6.07, 6.45) is -1.34. The first kappa shape index (κ1) is 27.1. The van der Waals surface area contributed by atoms with Crippen molar-refractivity contribution in [2.45, 2.75) is 45.3 Å². The van der Waals surface area contributed by atoms with E-state index in [0.717, 1.165) is 18.9 Å². The van der Waals surface area contributed by atoms with Crippen LogP contribution in [0.5, 0.6) is 0 Å². The van der Waals surface area contributed by atoms with E-state index in [-0.39, 0.29) is 29.9 Å². The third-order valence-electron chi connectivity index (χ3n) is 6.73. The van der Waals surface area contributed by atoms with Gasteiger partial charge in [0.25, 0.3) is 5.91 Å². The molecule has 200 valence electrons. The number of piperidine rings is 1. The molecule has 10 heteroatoms. The monoisotopic (exact) mass is 525 g/mol. The van der Waals surface area contributed by atoms with Gasteiger partial charge in [0.15, 0.2) is 0 Å². The fourth-order valence-corrected chi connectivity index (χ4v) is 4.27. The number of rotatable bonds is 7. The Hall–Kier alpha value is -3.95. The summed E-state index contributed by atoms with van der Waals surface area (Å²) in [5, 5.41) is 5.57. The number of anilines is 2. The van der Waals surface area contributed by atoms with Crippen molar-refractivity contribution in [1.82, 2.24) is 15.3 Å². The Morgan fingerprint density at radius 2 is 1.76 bits per heavy atom. The summed E-state index contributed by atoms with van der Waals surface area (Å²) >= 11 is 0. The van der Waals surface area contributed by atoms with Crippen molar-refractivity contribution in [2.75, 3.05) is 23.3 Å². The molecule has 1 atom stereocenters. The number of aromatic nitrogens is 2. The maximum absolute atomic E-state index is 13.3. The third kappa shape index (κ3) is 6.67. The van der Waals surface area contributed by atoms with Gasteiger partial charge in [-0.3, -0.25) is 14.6 Å². The Balaban J connectivity index is 1.42. The number of para-hydroxylation sites is 1. The molecule has 1 aromatic carbocycles. The molecule has 1 fully saturated rings. The summed E-state index contributed by atoms with van der Waals surface area (Å²) in [5.41, 5.74) is 1.04. The highest BCUT2D eigenvalue weighted by atomic mass is 19.4. The Morgan fingerprint density at radius 3 is 2.39 bits per heavy atom. The quantitative estimate of drug-likeness (QED) is 0.431. The Bertz CT molecular complexity index is 1260. The van der Waals surface area contributed by atoms with Crippen molar-refractivity contribution in [3.05, 3.63) is 83.3 Å². The van der Waals surface area contributed by atoms with E-state index in [1.165, 1.54) is 12.3 Å². The van der Waals surface area contributed by atoms with Crippen LogP contribution >= 0.6 is 0 Å². The van der Waals surface area contributed by atoms with Gasteiger partial charge in [0.2, 0.25) is 5.91 Å². The first-order valence-corrected chi connectivity index (χ1v) is 12.5. The van der Waals surface area contributed by atoms with E-state index >= 15 is 0 Å². The van der Waals surface area contributed by atoms with Gasteiger partial charge < -0.3 is 15.5 Å². The van der Waals surface area contributed by atoms with Crippen LogP contribution in [0.1, 0.15) is 59.9 Å². The van der Waals surface area contributed by atoms with Gasteiger partial charge in [0, 0.05) is 37.1 Å². The lowest BCUT2D eigenvalue weighted by molar-refractivity contribution is -0.141. The van der Waals surface area contributed by atoms with Crippen LogP contribution in [0.2, 0.25) is 0 Å². The molecule has 0 spiro atoms. The van der Waals surface area contributed by atoms with Crippen LogP contribution in [0, 0.1) is 5.92 Å². The summed E-state index contributed by atoms with van der Waals surface area (Å²) in [7, 11) is 0. The number of pyridine rings is 2. The maximum Gasteiger partial charge on any atom is 0.433 e. The van der Waals surface area contributed by atoms with Gasteiger partial charge in [-0.1, -0.05) is 37.3 Å². The summed E-state index contributed by atoms with van der Waals surface area (Å²) in [5.74, 6) is -0.503. The van der Waals surface area contributed by atoms with E-state index < -0.39 is 17.8 Å². The van der Waals surface area contributed by atoms with Crippen LogP contribution in [0.15, 0.2) is 60.8 Å². The number of hydrogen-bond donors (Lipinski definition) is 2. The van der Waals surface area contributed by atoms with Crippen molar-refractivity contribution in [3.63, 3.8) is 0 Å². The Morgan fingerprint density at radius 1 is 1.05 bits per heavy atom. The number of hydrogen-bond acceptors (Lipinski definition) is 5. The minimum absolute atomic E-state index is 0.0424. The van der Waals surface area contributed by atoms with Crippen molar-refractivity contribution >= 4 is 23.3 Å². The first-order chi connectivity index (χ1) is 18.1. The molecule has 1 saturated heterocycles. The number of nitrogens with zero attached hydrogens (tertiary/aromatic N) is 3. The van der Waals surface area contributed by atoms with Crippen LogP contribution in [0.3, 0.4) is 0 Å². The van der Waals surface area contributed by atoms with Gasteiger partial charge >= 0.3 is 6.18 Å². The van der Waals surface area contributed by atoms with E-state index in [1.807, 2.05) is 23.1 Å². The second-order valence-corrected chi connectivity index (χ2v) is 9.58. The van der Waals surface area contributed by atoms with Gasteiger partial charge in [-0.15, -0.1) is 0 Å². The third-order valence-corrected chi connectivity index (χ3v) is 6.73. The minimum atomic E-state index is -4.55. The molecule has 1 aliphatic heterocycles. The Labute approximate surface area is 219 Å². The SMILES string of the molecule is CC1CCN(c2nc(C(F)(F)F)ccc2CNC(=O)C(C)c2ccc(C(=O)Nc3ccccc3)nc2)CC1. The summed E-state index contributed by atoms with van der Waals surface area (Å²) in [6, 6.07) is 14.5. The molecule has 2 aromatic heterocycles. The van der Waals surface area contributed by atoms with E-state index in [9.17, 15) is 22.8 Å². The highest BCUT2D eigenvalue weighted by molar-refractivity contribution is 6.02. The normalized spacial score (nSPS) is 15.1. The summed E-state index contributed by atoms with van der Waals surface area (Å²) < 4.78 is 40.0. The average molecular weight is 526 g/mol. The second kappa shape index (κ2) is 11.6. The van der Waals surface area contributed by atoms with Crippen molar-refractivity contribution in [1.29, 1.82) is 0 Å². The van der Waals surface area contributed by atoms with E-state index in [2.05, 4.69) is 27.5 Å². The van der Waals surface area contributed by atoms with E-state index in [4.69, 9.17) is 0 Å². The molecule has 38 heavy (non-hydrogen) atoms. The van der Waals surface area contributed by atoms with Gasteiger partial charge in [0.1, 0.15) is 17.2 Å². The topological polar surface area (TPSA) is 87.2 Å². The number of amides is 2. The standard InChI is InChI=1S/C28H30F3N5O2/c1-18-12-14-36(15-13-18)25-21(9-11-24(35-25)28(29,30)31)17-33-26(37)19(2)20-8-10-23(32-16-20)27(38)34-22-6-4-3-5-7-22/h3-11,16,18-19H,12-15,17H2,1-2H3,(H,33,37)(H,34,38). The van der Waals surface area contributed by atoms with Crippen molar-refractivity contribution < 1.29 is 22.8 Å². The van der Waals surface area contributed by atoms with Crippen LogP contribution in [0.25, 0.3) is 0 Å². The smallest absolute Gasteiger partial charge is 0.356 e. The average Bonchev–Trinajstić information content (AvgIpc) is 2.92. The molecule has 2 N–H and O–H groups in total. The van der Waals surface area contributed by atoms with Gasteiger partial charge in [-0.2, -0.15) is 13.2 Å². The molecular formula is C28H30F3N5O2.